The average Bonchev–Trinajstić information content (AvgIpc) is 2.49. The molecule has 0 bridgehead atoms. The van der Waals surface area contributed by atoms with Crippen molar-refractivity contribution in [2.24, 2.45) is 0 Å². The van der Waals surface area contributed by atoms with Gasteiger partial charge in [0.2, 0.25) is 0 Å². The molecule has 1 aliphatic heterocycles. The van der Waals surface area contributed by atoms with Gasteiger partial charge >= 0.3 is 0 Å². The normalized spacial score (nSPS) is 15.9. The number of nitrogens with one attached hydrogen (secondary N) is 1. The van der Waals surface area contributed by atoms with Crippen molar-refractivity contribution in [3.8, 4) is 5.75 Å². The molecule has 0 fully saturated rings. The Kier molecular flexibility index (Phi) is 3.96. The highest BCUT2D eigenvalue weighted by Gasteiger charge is 2.35. The molecule has 0 unspecified atom stereocenters. The Morgan fingerprint density at radius 3 is 2.39 bits per heavy atom. The minimum absolute atomic E-state index is 0.237. The second-order valence-corrected chi connectivity index (χ2v) is 7.02. The summed E-state index contributed by atoms with van der Waals surface area (Å²) in [5, 5.41) is 3.16. The molecular formula is C19H19BrFNO. The Bertz CT molecular complexity index is 794. The van der Waals surface area contributed by atoms with Crippen LogP contribution in [-0.2, 0) is 0 Å². The molecular weight excluding hydrogens is 357 g/mol. The maximum absolute atomic E-state index is 13.3. The van der Waals surface area contributed by atoms with Gasteiger partial charge in [-0.15, -0.1) is 0 Å². The average molecular weight is 376 g/mol. The highest BCUT2D eigenvalue weighted by molar-refractivity contribution is 9.12. The first-order valence-electron chi connectivity index (χ1n) is 7.51. The van der Waals surface area contributed by atoms with E-state index in [2.05, 4.69) is 34.2 Å². The molecule has 0 aromatic heterocycles. The summed E-state index contributed by atoms with van der Waals surface area (Å²) in [6.07, 6.45) is 0. The van der Waals surface area contributed by atoms with E-state index in [1.807, 2.05) is 39.1 Å². The molecule has 0 spiro atoms. The van der Waals surface area contributed by atoms with Gasteiger partial charge in [-0.1, -0.05) is 28.1 Å². The van der Waals surface area contributed by atoms with Crippen molar-refractivity contribution in [2.75, 3.05) is 12.4 Å². The van der Waals surface area contributed by atoms with Crippen molar-refractivity contribution in [2.45, 2.75) is 26.4 Å². The zero-order valence-electron chi connectivity index (χ0n) is 13.6. The van der Waals surface area contributed by atoms with E-state index in [1.54, 1.807) is 0 Å². The van der Waals surface area contributed by atoms with Gasteiger partial charge in [-0.05, 0) is 50.1 Å². The van der Waals surface area contributed by atoms with Crippen LogP contribution in [0.1, 0.15) is 30.5 Å². The molecule has 3 rings (SSSR count). The molecule has 23 heavy (non-hydrogen) atoms. The van der Waals surface area contributed by atoms with Gasteiger partial charge in [-0.3, -0.25) is 0 Å². The van der Waals surface area contributed by atoms with E-state index >= 15 is 0 Å². The fourth-order valence-electron chi connectivity index (χ4n) is 2.92. The molecule has 4 heteroatoms. The van der Waals surface area contributed by atoms with Crippen LogP contribution in [-0.4, -0.2) is 12.6 Å². The third-order valence-electron chi connectivity index (χ3n) is 4.08. The number of hydrogen-bond donors (Lipinski definition) is 1. The summed E-state index contributed by atoms with van der Waals surface area (Å²) in [6, 6.07) is 10.7. The van der Waals surface area contributed by atoms with Crippen LogP contribution in [0.3, 0.4) is 0 Å². The molecule has 0 atom stereocenters. The first kappa shape index (κ1) is 16.1. The lowest BCUT2D eigenvalue weighted by Crippen LogP contribution is -2.33. The van der Waals surface area contributed by atoms with E-state index in [4.69, 9.17) is 4.74 Å². The van der Waals surface area contributed by atoms with Crippen LogP contribution in [0.15, 0.2) is 40.9 Å². The van der Waals surface area contributed by atoms with Crippen LogP contribution in [0.4, 0.5) is 10.1 Å². The van der Waals surface area contributed by atoms with Crippen molar-refractivity contribution in [1.82, 2.24) is 0 Å². The summed E-state index contributed by atoms with van der Waals surface area (Å²) in [6.45, 7) is 6.10. The predicted molar refractivity (Wildman–Crippen MR) is 96.8 cm³/mol. The van der Waals surface area contributed by atoms with Crippen molar-refractivity contribution in [3.63, 3.8) is 0 Å². The maximum Gasteiger partial charge on any atom is 0.135 e. The first-order chi connectivity index (χ1) is 10.8. The van der Waals surface area contributed by atoms with Crippen LogP contribution in [0, 0.1) is 12.7 Å². The van der Waals surface area contributed by atoms with E-state index < -0.39 is 5.60 Å². The van der Waals surface area contributed by atoms with Crippen molar-refractivity contribution < 1.29 is 9.13 Å². The number of hydrogen-bond acceptors (Lipinski definition) is 2. The number of anilines is 1. The van der Waals surface area contributed by atoms with E-state index in [-0.39, 0.29) is 5.82 Å². The minimum atomic E-state index is -0.491. The van der Waals surface area contributed by atoms with Gasteiger partial charge in [0.15, 0.2) is 0 Å². The van der Waals surface area contributed by atoms with Gasteiger partial charge < -0.3 is 10.1 Å². The second-order valence-electron chi connectivity index (χ2n) is 6.22. The fourth-order valence-corrected chi connectivity index (χ4v) is 3.43. The second kappa shape index (κ2) is 5.68. The number of rotatable bonds is 2. The summed E-state index contributed by atoms with van der Waals surface area (Å²) >= 11 is 3.72. The monoisotopic (exact) mass is 375 g/mol. The molecule has 1 N–H and O–H groups in total. The largest absolute Gasteiger partial charge is 0.482 e. The molecule has 0 saturated carbocycles. The van der Waals surface area contributed by atoms with E-state index in [0.717, 1.165) is 38.2 Å². The Morgan fingerprint density at radius 1 is 1.13 bits per heavy atom. The first-order valence-corrected chi connectivity index (χ1v) is 8.31. The molecule has 2 aromatic carbocycles. The number of fused-ring (bicyclic) bond motifs is 1. The maximum atomic E-state index is 13.3. The lowest BCUT2D eigenvalue weighted by Gasteiger charge is -2.36. The Hall–Kier alpha value is -1.81. The van der Waals surface area contributed by atoms with Crippen LogP contribution in [0.25, 0.3) is 5.57 Å². The third-order valence-corrected chi connectivity index (χ3v) is 5.44. The van der Waals surface area contributed by atoms with Crippen molar-refractivity contribution in [3.05, 3.63) is 63.4 Å². The number of aryl methyl sites for hydroxylation is 1. The van der Waals surface area contributed by atoms with Gasteiger partial charge in [-0.25, -0.2) is 4.39 Å². The van der Waals surface area contributed by atoms with E-state index in [0.29, 0.717) is 0 Å². The molecule has 1 heterocycles. The molecule has 0 amide bonds. The van der Waals surface area contributed by atoms with Gasteiger partial charge in [0.05, 0.1) is 0 Å². The zero-order valence-corrected chi connectivity index (χ0v) is 15.2. The zero-order chi connectivity index (χ0) is 16.8. The summed E-state index contributed by atoms with van der Waals surface area (Å²) < 4.78 is 20.5. The summed E-state index contributed by atoms with van der Waals surface area (Å²) in [4.78, 5) is 0. The standard InChI is InChI=1S/C19H19BrFNO/c1-11-9-14(22-4)10-15-16(11)17(18(20)19(2,3)23-15)12-5-7-13(21)8-6-12/h5-10,22H,1-4H3. The molecule has 1 aliphatic rings. The predicted octanol–water partition coefficient (Wildman–Crippen LogP) is 5.50. The lowest BCUT2D eigenvalue weighted by molar-refractivity contribution is 0.155. The topological polar surface area (TPSA) is 21.3 Å². The quantitative estimate of drug-likeness (QED) is 0.747. The third kappa shape index (κ3) is 2.76. The van der Waals surface area contributed by atoms with Gasteiger partial charge in [0, 0.05) is 34.4 Å². The van der Waals surface area contributed by atoms with Crippen LogP contribution >= 0.6 is 15.9 Å². The van der Waals surface area contributed by atoms with Crippen LogP contribution in [0.5, 0.6) is 5.75 Å². The minimum Gasteiger partial charge on any atom is -0.482 e. The Morgan fingerprint density at radius 2 is 1.78 bits per heavy atom. The number of ether oxygens (including phenoxy) is 1. The van der Waals surface area contributed by atoms with E-state index in [1.165, 1.54) is 12.1 Å². The lowest BCUT2D eigenvalue weighted by atomic mass is 9.87. The Labute approximate surface area is 144 Å². The summed E-state index contributed by atoms with van der Waals surface area (Å²) in [7, 11) is 1.89. The SMILES string of the molecule is CNc1cc(C)c2c(c1)OC(C)(C)C(Br)=C2c1ccc(F)cc1. The molecule has 0 radical (unpaired) electrons. The summed E-state index contributed by atoms with van der Waals surface area (Å²) in [5.41, 5.74) is 4.69. The molecule has 2 nitrogen and oxygen atoms in total. The van der Waals surface area contributed by atoms with Gasteiger partial charge in [-0.2, -0.15) is 0 Å². The number of halogens is 2. The molecule has 0 saturated heterocycles. The molecule has 2 aromatic rings. The highest BCUT2D eigenvalue weighted by atomic mass is 79.9. The fraction of sp³-hybridized carbons (Fsp3) is 0.263. The highest BCUT2D eigenvalue weighted by Crippen LogP contribution is 2.48. The smallest absolute Gasteiger partial charge is 0.135 e. The number of benzene rings is 2. The van der Waals surface area contributed by atoms with Crippen LogP contribution in [0.2, 0.25) is 0 Å². The molecule has 120 valence electrons. The summed E-state index contributed by atoms with van der Waals surface area (Å²) in [5.74, 6) is 0.598. The van der Waals surface area contributed by atoms with E-state index in [9.17, 15) is 4.39 Å². The van der Waals surface area contributed by atoms with Gasteiger partial charge in [0.25, 0.3) is 0 Å². The molecule has 0 aliphatic carbocycles. The van der Waals surface area contributed by atoms with Crippen LogP contribution < -0.4 is 10.1 Å². The Balaban J connectivity index is 2.30. The van der Waals surface area contributed by atoms with Crippen molar-refractivity contribution >= 4 is 27.2 Å². The van der Waals surface area contributed by atoms with Crippen molar-refractivity contribution in [1.29, 1.82) is 0 Å². The van der Waals surface area contributed by atoms with Gasteiger partial charge in [0.1, 0.15) is 17.2 Å².